The van der Waals surface area contributed by atoms with Crippen LogP contribution in [0.4, 0.5) is 0 Å². The van der Waals surface area contributed by atoms with Crippen LogP contribution in [0, 0.1) is 5.92 Å². The van der Waals surface area contributed by atoms with E-state index >= 15 is 0 Å². The smallest absolute Gasteiger partial charge is 0.309 e. The first-order valence-electron chi connectivity index (χ1n) is 6.80. The van der Waals surface area contributed by atoms with Crippen LogP contribution in [0.1, 0.15) is 46.0 Å². The molecule has 1 rings (SSSR count). The normalized spacial score (nSPS) is 25.3. The number of hydrogen-bond donors (Lipinski definition) is 3. The molecule has 0 spiro atoms. The highest BCUT2D eigenvalue weighted by atomic mass is 16.3. The molecule has 0 heterocycles. The van der Waals surface area contributed by atoms with Gasteiger partial charge in [-0.15, -0.1) is 0 Å². The molecule has 3 N–H and O–H groups in total. The zero-order chi connectivity index (χ0) is 13.5. The van der Waals surface area contributed by atoms with Gasteiger partial charge < -0.3 is 15.7 Å². The van der Waals surface area contributed by atoms with E-state index in [0.29, 0.717) is 12.3 Å². The van der Waals surface area contributed by atoms with Crippen LogP contribution in [0.15, 0.2) is 0 Å². The molecular weight excluding hydrogens is 232 g/mol. The SMILES string of the molecule is CC[C@H](CO)NC(=O)C(=O)N[C@@H]1CCCC[C@H]1C. The van der Waals surface area contributed by atoms with E-state index in [1.807, 2.05) is 6.92 Å². The molecule has 1 fully saturated rings. The topological polar surface area (TPSA) is 78.4 Å². The third kappa shape index (κ3) is 4.29. The van der Waals surface area contributed by atoms with Crippen LogP contribution >= 0.6 is 0 Å². The minimum Gasteiger partial charge on any atom is -0.394 e. The van der Waals surface area contributed by atoms with Gasteiger partial charge in [0, 0.05) is 6.04 Å². The zero-order valence-electron chi connectivity index (χ0n) is 11.2. The number of hydrogen-bond acceptors (Lipinski definition) is 3. The Labute approximate surface area is 108 Å². The lowest BCUT2D eigenvalue weighted by atomic mass is 9.86. The van der Waals surface area contributed by atoms with Crippen LogP contribution < -0.4 is 10.6 Å². The Morgan fingerprint density at radius 3 is 2.50 bits per heavy atom. The Hall–Kier alpha value is -1.10. The maximum absolute atomic E-state index is 11.7. The predicted octanol–water partition coefficient (Wildman–Crippen LogP) is 0.568. The molecule has 104 valence electrons. The highest BCUT2D eigenvalue weighted by Gasteiger charge is 2.26. The fourth-order valence-electron chi connectivity index (χ4n) is 2.29. The number of nitrogens with one attached hydrogen (secondary N) is 2. The average molecular weight is 256 g/mol. The van der Waals surface area contributed by atoms with Gasteiger partial charge in [-0.05, 0) is 25.2 Å². The molecule has 18 heavy (non-hydrogen) atoms. The first-order valence-corrected chi connectivity index (χ1v) is 6.80. The van der Waals surface area contributed by atoms with Crippen molar-refractivity contribution in [1.82, 2.24) is 10.6 Å². The first kappa shape index (κ1) is 15.0. The summed E-state index contributed by atoms with van der Waals surface area (Å²) in [4.78, 5) is 23.3. The van der Waals surface area contributed by atoms with Crippen molar-refractivity contribution >= 4 is 11.8 Å². The second-order valence-corrected chi connectivity index (χ2v) is 5.10. The number of carbonyl (C=O) groups is 2. The summed E-state index contributed by atoms with van der Waals surface area (Å²) in [6, 6.07) is -0.238. The van der Waals surface area contributed by atoms with Gasteiger partial charge in [0.2, 0.25) is 0 Å². The monoisotopic (exact) mass is 256 g/mol. The molecule has 5 nitrogen and oxygen atoms in total. The molecule has 5 heteroatoms. The molecule has 0 aliphatic heterocycles. The molecular formula is C13H24N2O3. The van der Waals surface area contributed by atoms with Crippen molar-refractivity contribution in [3.8, 4) is 0 Å². The maximum atomic E-state index is 11.7. The van der Waals surface area contributed by atoms with Gasteiger partial charge in [0.1, 0.15) is 0 Å². The van der Waals surface area contributed by atoms with E-state index in [0.717, 1.165) is 19.3 Å². The zero-order valence-corrected chi connectivity index (χ0v) is 11.2. The van der Waals surface area contributed by atoms with Crippen molar-refractivity contribution in [1.29, 1.82) is 0 Å². The Morgan fingerprint density at radius 2 is 1.94 bits per heavy atom. The Morgan fingerprint density at radius 1 is 1.28 bits per heavy atom. The predicted molar refractivity (Wildman–Crippen MR) is 68.9 cm³/mol. The Kier molecular flexibility index (Phi) is 6.12. The molecule has 1 aliphatic carbocycles. The number of rotatable bonds is 4. The first-order chi connectivity index (χ1) is 8.58. The molecule has 0 aromatic rings. The van der Waals surface area contributed by atoms with Crippen molar-refractivity contribution in [2.75, 3.05) is 6.61 Å². The molecule has 0 saturated heterocycles. The van der Waals surface area contributed by atoms with E-state index in [1.54, 1.807) is 0 Å². The van der Waals surface area contributed by atoms with Gasteiger partial charge in [-0.3, -0.25) is 9.59 Å². The van der Waals surface area contributed by atoms with Crippen molar-refractivity contribution in [2.45, 2.75) is 58.0 Å². The molecule has 3 atom stereocenters. The molecule has 0 radical (unpaired) electrons. The lowest BCUT2D eigenvalue weighted by Gasteiger charge is -2.29. The molecule has 1 saturated carbocycles. The standard InChI is InChI=1S/C13H24N2O3/c1-3-10(8-16)14-12(17)13(18)15-11-7-5-4-6-9(11)2/h9-11,16H,3-8H2,1-2H3,(H,14,17)(H,15,18)/t9-,10-,11-/m1/s1. The van der Waals surface area contributed by atoms with Crippen molar-refractivity contribution in [2.24, 2.45) is 5.92 Å². The second kappa shape index (κ2) is 7.36. The minimum atomic E-state index is -0.645. The lowest BCUT2D eigenvalue weighted by Crippen LogP contribution is -2.50. The van der Waals surface area contributed by atoms with Crippen LogP contribution in [0.25, 0.3) is 0 Å². The molecule has 0 bridgehead atoms. The van der Waals surface area contributed by atoms with Crippen LogP contribution in [-0.4, -0.2) is 35.6 Å². The summed E-state index contributed by atoms with van der Waals surface area (Å²) in [6.07, 6.45) is 4.95. The maximum Gasteiger partial charge on any atom is 0.309 e. The van der Waals surface area contributed by atoms with Crippen LogP contribution in [0.2, 0.25) is 0 Å². The number of aliphatic hydroxyl groups is 1. The summed E-state index contributed by atoms with van der Waals surface area (Å²) in [5, 5.41) is 14.3. The second-order valence-electron chi connectivity index (χ2n) is 5.10. The van der Waals surface area contributed by atoms with E-state index in [-0.39, 0.29) is 18.7 Å². The van der Waals surface area contributed by atoms with Gasteiger partial charge in [0.05, 0.1) is 12.6 Å². The lowest BCUT2D eigenvalue weighted by molar-refractivity contribution is -0.140. The number of aliphatic hydroxyl groups excluding tert-OH is 1. The molecule has 1 aliphatic rings. The van der Waals surface area contributed by atoms with E-state index in [1.165, 1.54) is 6.42 Å². The van der Waals surface area contributed by atoms with Gasteiger partial charge in [-0.2, -0.15) is 0 Å². The summed E-state index contributed by atoms with van der Waals surface area (Å²) in [7, 11) is 0. The molecule has 0 unspecified atom stereocenters. The summed E-state index contributed by atoms with van der Waals surface area (Å²) in [6.45, 7) is 3.81. The molecule has 0 aromatic heterocycles. The fourth-order valence-corrected chi connectivity index (χ4v) is 2.29. The number of carbonyl (C=O) groups excluding carboxylic acids is 2. The van der Waals surface area contributed by atoms with Gasteiger partial charge in [0.25, 0.3) is 0 Å². The summed E-state index contributed by atoms with van der Waals surface area (Å²) < 4.78 is 0. The highest BCUT2D eigenvalue weighted by Crippen LogP contribution is 2.23. The largest absolute Gasteiger partial charge is 0.394 e. The van der Waals surface area contributed by atoms with E-state index < -0.39 is 11.8 Å². The number of amides is 2. The third-order valence-electron chi connectivity index (χ3n) is 3.68. The van der Waals surface area contributed by atoms with E-state index in [4.69, 9.17) is 5.11 Å². The fraction of sp³-hybridized carbons (Fsp3) is 0.846. The Balaban J connectivity index is 2.41. The van der Waals surface area contributed by atoms with Crippen molar-refractivity contribution in [3.05, 3.63) is 0 Å². The highest BCUT2D eigenvalue weighted by molar-refractivity contribution is 6.35. The van der Waals surface area contributed by atoms with Crippen molar-refractivity contribution < 1.29 is 14.7 Å². The van der Waals surface area contributed by atoms with E-state index in [9.17, 15) is 9.59 Å². The third-order valence-corrected chi connectivity index (χ3v) is 3.68. The van der Waals surface area contributed by atoms with Gasteiger partial charge in [-0.25, -0.2) is 0 Å². The summed E-state index contributed by atoms with van der Waals surface area (Å²) in [5.74, 6) is -0.801. The Bertz CT molecular complexity index is 290. The van der Waals surface area contributed by atoms with Crippen LogP contribution in [-0.2, 0) is 9.59 Å². The van der Waals surface area contributed by atoms with Gasteiger partial charge in [0.15, 0.2) is 0 Å². The van der Waals surface area contributed by atoms with Crippen LogP contribution in [0.3, 0.4) is 0 Å². The summed E-state index contributed by atoms with van der Waals surface area (Å²) >= 11 is 0. The van der Waals surface area contributed by atoms with Gasteiger partial charge >= 0.3 is 11.8 Å². The van der Waals surface area contributed by atoms with Gasteiger partial charge in [-0.1, -0.05) is 26.7 Å². The quantitative estimate of drug-likeness (QED) is 0.643. The molecule has 0 aromatic carbocycles. The van der Waals surface area contributed by atoms with Crippen molar-refractivity contribution in [3.63, 3.8) is 0 Å². The van der Waals surface area contributed by atoms with E-state index in [2.05, 4.69) is 17.6 Å². The minimum absolute atomic E-state index is 0.103. The average Bonchev–Trinajstić information content (AvgIpc) is 2.38. The molecule has 2 amide bonds. The summed E-state index contributed by atoms with van der Waals surface area (Å²) in [5.41, 5.74) is 0. The van der Waals surface area contributed by atoms with Crippen LogP contribution in [0.5, 0.6) is 0 Å².